The maximum atomic E-state index is 8.48. The van der Waals surface area contributed by atoms with E-state index in [4.69, 9.17) is 14.4 Å². The Balaban J connectivity index is -0.0000000910. The van der Waals surface area contributed by atoms with Crippen molar-refractivity contribution < 1.29 is 31.4 Å². The zero-order valence-electron chi connectivity index (χ0n) is 5.80. The van der Waals surface area contributed by atoms with Gasteiger partial charge in [0.2, 0.25) is 0 Å². The summed E-state index contributed by atoms with van der Waals surface area (Å²) < 4.78 is 8.48. The van der Waals surface area contributed by atoms with Crippen molar-refractivity contribution in [3.63, 3.8) is 0 Å². The first-order valence-corrected chi connectivity index (χ1v) is 3.85. The SMILES string of the molecule is O=[P+]([O-])[O-].[CH2-]CCCC.[Cu+2]. The second-order valence-corrected chi connectivity index (χ2v) is 1.88. The van der Waals surface area contributed by atoms with Crippen LogP contribution < -0.4 is 9.79 Å². The molecule has 0 atom stereocenters. The fourth-order valence-corrected chi connectivity index (χ4v) is 0.250. The summed E-state index contributed by atoms with van der Waals surface area (Å²) in [5.74, 6) is 0. The number of rotatable bonds is 2. The first-order valence-electron chi connectivity index (χ1n) is 2.75. The van der Waals surface area contributed by atoms with Gasteiger partial charge in [0.15, 0.2) is 0 Å². The Hall–Kier alpha value is 0.539. The van der Waals surface area contributed by atoms with Gasteiger partial charge in [-0.25, -0.2) is 0 Å². The quantitative estimate of drug-likeness (QED) is 0.378. The maximum Gasteiger partial charge on any atom is 2.00 e. The van der Waals surface area contributed by atoms with Crippen molar-refractivity contribution in [2.45, 2.75) is 26.2 Å². The van der Waals surface area contributed by atoms with E-state index in [1.807, 2.05) is 0 Å². The molecule has 0 unspecified atom stereocenters. The summed E-state index contributed by atoms with van der Waals surface area (Å²) in [5, 5.41) is 0. The van der Waals surface area contributed by atoms with Crippen molar-refractivity contribution in [3.05, 3.63) is 6.92 Å². The summed E-state index contributed by atoms with van der Waals surface area (Å²) >= 11 is 0. The molecule has 0 saturated heterocycles. The van der Waals surface area contributed by atoms with Crippen LogP contribution in [-0.4, -0.2) is 0 Å². The van der Waals surface area contributed by atoms with Crippen molar-refractivity contribution in [2.24, 2.45) is 0 Å². The Kier molecular flexibility index (Phi) is 27.4. The molecule has 3 nitrogen and oxygen atoms in total. The standard InChI is InChI=1S/C5H11.Cu.HO3P/c1-3-5-4-2;;1-4(2)3/h1,3-5H2,2H3;;(H,1,2,3)/q-1;+2;/p-1. The smallest absolute Gasteiger partial charge is 0.598 e. The Bertz CT molecular complexity index is 63.9. The van der Waals surface area contributed by atoms with Gasteiger partial charge in [0, 0.05) is 0 Å². The zero-order chi connectivity index (χ0) is 7.70. The summed E-state index contributed by atoms with van der Waals surface area (Å²) in [5.41, 5.74) is 0. The average molecular weight is 214 g/mol. The third-order valence-electron chi connectivity index (χ3n) is 0.604. The number of hydrogen-bond donors (Lipinski definition) is 0. The molecule has 10 heavy (non-hydrogen) atoms. The van der Waals surface area contributed by atoms with Crippen LogP contribution in [0.1, 0.15) is 26.2 Å². The van der Waals surface area contributed by atoms with Gasteiger partial charge in [0.25, 0.3) is 8.25 Å². The van der Waals surface area contributed by atoms with Crippen LogP contribution in [0.4, 0.5) is 0 Å². The molecule has 0 bridgehead atoms. The second-order valence-electron chi connectivity index (χ2n) is 1.43. The van der Waals surface area contributed by atoms with E-state index in [9.17, 15) is 0 Å². The summed E-state index contributed by atoms with van der Waals surface area (Å²) in [4.78, 5) is 17.0. The van der Waals surface area contributed by atoms with Crippen LogP contribution in [0.5, 0.6) is 0 Å². The molecule has 0 aliphatic rings. The van der Waals surface area contributed by atoms with E-state index in [-0.39, 0.29) is 17.1 Å². The van der Waals surface area contributed by atoms with Crippen LogP contribution in [-0.2, 0) is 21.6 Å². The van der Waals surface area contributed by atoms with E-state index in [1.54, 1.807) is 0 Å². The molecule has 0 spiro atoms. The molecule has 0 aromatic rings. The van der Waals surface area contributed by atoms with Crippen molar-refractivity contribution in [3.8, 4) is 0 Å². The fourth-order valence-electron chi connectivity index (χ4n) is 0.250. The summed E-state index contributed by atoms with van der Waals surface area (Å²) in [6, 6.07) is 0. The van der Waals surface area contributed by atoms with Gasteiger partial charge in [-0.1, -0.05) is 24.3 Å². The average Bonchev–Trinajstić information content (AvgIpc) is 1.66. The minimum Gasteiger partial charge on any atom is -0.598 e. The molecular formula is C5H11CuO3P. The normalized spacial score (nSPS) is 6.80. The van der Waals surface area contributed by atoms with Gasteiger partial charge in [-0.15, -0.1) is 0 Å². The molecule has 0 heterocycles. The molecule has 65 valence electrons. The van der Waals surface area contributed by atoms with Gasteiger partial charge < -0.3 is 16.7 Å². The molecule has 0 rings (SSSR count). The van der Waals surface area contributed by atoms with Gasteiger partial charge in [-0.3, -0.25) is 0 Å². The molecular weight excluding hydrogens is 203 g/mol. The first-order chi connectivity index (χ1) is 4.15. The van der Waals surface area contributed by atoms with E-state index in [1.165, 1.54) is 12.8 Å². The van der Waals surface area contributed by atoms with Crippen LogP contribution in [0.15, 0.2) is 0 Å². The second kappa shape index (κ2) is 16.3. The molecule has 0 saturated carbocycles. The van der Waals surface area contributed by atoms with Gasteiger partial charge in [0.1, 0.15) is 0 Å². The largest absolute Gasteiger partial charge is 2.00 e. The third-order valence-corrected chi connectivity index (χ3v) is 0.604. The molecule has 0 N–H and O–H groups in total. The predicted octanol–water partition coefficient (Wildman–Crippen LogP) is 0.373. The first kappa shape index (κ1) is 16.9. The Labute approximate surface area is 73.3 Å². The monoisotopic (exact) mass is 213 g/mol. The summed E-state index contributed by atoms with van der Waals surface area (Å²) in [6.45, 7) is 5.85. The van der Waals surface area contributed by atoms with E-state index in [0.717, 1.165) is 6.42 Å². The van der Waals surface area contributed by atoms with Crippen LogP contribution in [0.25, 0.3) is 0 Å². The van der Waals surface area contributed by atoms with Gasteiger partial charge in [-0.2, -0.15) is 6.42 Å². The molecule has 0 fully saturated rings. The maximum absolute atomic E-state index is 8.48. The third kappa shape index (κ3) is 75.3. The van der Waals surface area contributed by atoms with Crippen LogP contribution in [0, 0.1) is 6.92 Å². The number of unbranched alkanes of at least 4 members (excludes halogenated alkanes) is 2. The van der Waals surface area contributed by atoms with Crippen molar-refractivity contribution in [2.75, 3.05) is 0 Å². The van der Waals surface area contributed by atoms with Gasteiger partial charge in [0.05, 0.1) is 0 Å². The molecule has 0 aliphatic carbocycles. The minimum atomic E-state index is -3.37. The molecule has 0 aromatic carbocycles. The van der Waals surface area contributed by atoms with Crippen molar-refractivity contribution in [1.29, 1.82) is 0 Å². The van der Waals surface area contributed by atoms with Crippen LogP contribution >= 0.6 is 8.25 Å². The van der Waals surface area contributed by atoms with Crippen molar-refractivity contribution in [1.82, 2.24) is 0 Å². The Morgan fingerprint density at radius 3 is 1.80 bits per heavy atom. The molecule has 5 heteroatoms. The van der Waals surface area contributed by atoms with E-state index >= 15 is 0 Å². The predicted molar refractivity (Wildman–Crippen MR) is 32.5 cm³/mol. The van der Waals surface area contributed by atoms with Crippen LogP contribution in [0.2, 0.25) is 0 Å². The number of hydrogen-bond acceptors (Lipinski definition) is 3. The molecule has 0 aromatic heterocycles. The fraction of sp³-hybridized carbons (Fsp3) is 0.800. The molecule has 0 amide bonds. The topological polar surface area (TPSA) is 63.2 Å². The van der Waals surface area contributed by atoms with Gasteiger partial charge in [-0.05, 0) is 0 Å². The minimum absolute atomic E-state index is 0. The Morgan fingerprint density at radius 1 is 1.50 bits per heavy atom. The molecule has 1 radical (unpaired) electrons. The van der Waals surface area contributed by atoms with E-state index in [0.29, 0.717) is 0 Å². The zero-order valence-corrected chi connectivity index (χ0v) is 7.64. The van der Waals surface area contributed by atoms with Gasteiger partial charge >= 0.3 is 17.1 Å². The molecule has 0 aliphatic heterocycles. The van der Waals surface area contributed by atoms with Crippen LogP contribution in [0.3, 0.4) is 0 Å². The summed E-state index contributed by atoms with van der Waals surface area (Å²) in [6.07, 6.45) is 3.65. The van der Waals surface area contributed by atoms with E-state index in [2.05, 4.69) is 13.8 Å². The Morgan fingerprint density at radius 2 is 1.80 bits per heavy atom. The van der Waals surface area contributed by atoms with Crippen molar-refractivity contribution >= 4 is 8.25 Å². The van der Waals surface area contributed by atoms with E-state index < -0.39 is 8.25 Å². The summed E-state index contributed by atoms with van der Waals surface area (Å²) in [7, 11) is -3.37.